The molecule has 29 heavy (non-hydrogen) atoms. The van der Waals surface area contributed by atoms with E-state index in [1.165, 1.54) is 16.2 Å². The summed E-state index contributed by atoms with van der Waals surface area (Å²) in [7, 11) is 1.69. The standard InChI is InChI=1S/C24H34N2O3/c1-24(2,3)19-5-9-23(10-6-19)29-18-21(27)17-25-13-15-26(16-14-25)20-7-11-22(28-4)12-8-20/h5-12,21,27H,13-18H2,1-4H3/p+1/t21-/m1/s1. The maximum Gasteiger partial charge on any atom is 0.137 e. The molecule has 2 aromatic rings. The SMILES string of the molecule is COc1ccc(N2CC[NH+](C[C@@H](O)COc3ccc(C(C)(C)C)cc3)CC2)cc1. The van der Waals surface area contributed by atoms with E-state index < -0.39 is 6.10 Å². The third-order valence-electron chi connectivity index (χ3n) is 5.60. The molecule has 1 aliphatic heterocycles. The quantitative estimate of drug-likeness (QED) is 0.749. The number of hydrogen-bond donors (Lipinski definition) is 2. The van der Waals surface area contributed by atoms with E-state index >= 15 is 0 Å². The van der Waals surface area contributed by atoms with Crippen LogP contribution >= 0.6 is 0 Å². The monoisotopic (exact) mass is 399 g/mol. The predicted molar refractivity (Wildman–Crippen MR) is 117 cm³/mol. The summed E-state index contributed by atoms with van der Waals surface area (Å²) >= 11 is 0. The van der Waals surface area contributed by atoms with Gasteiger partial charge in [-0.05, 0) is 47.4 Å². The summed E-state index contributed by atoms with van der Waals surface area (Å²) in [5.74, 6) is 1.70. The summed E-state index contributed by atoms with van der Waals surface area (Å²) in [4.78, 5) is 3.82. The zero-order valence-corrected chi connectivity index (χ0v) is 18.1. The van der Waals surface area contributed by atoms with Crippen LogP contribution < -0.4 is 19.3 Å². The van der Waals surface area contributed by atoms with E-state index in [1.807, 2.05) is 24.3 Å². The Kier molecular flexibility index (Phi) is 7.04. The minimum Gasteiger partial charge on any atom is -0.497 e. The minimum absolute atomic E-state index is 0.134. The number of anilines is 1. The summed E-state index contributed by atoms with van der Waals surface area (Å²) in [6.07, 6.45) is -0.458. The second kappa shape index (κ2) is 9.51. The van der Waals surface area contributed by atoms with Gasteiger partial charge in [-0.25, -0.2) is 0 Å². The van der Waals surface area contributed by atoms with Gasteiger partial charge in [-0.3, -0.25) is 0 Å². The number of nitrogens with zero attached hydrogens (tertiary/aromatic N) is 1. The second-order valence-corrected chi connectivity index (χ2v) is 8.88. The Hall–Kier alpha value is -2.24. The lowest BCUT2D eigenvalue weighted by atomic mass is 9.87. The molecule has 1 fully saturated rings. The Morgan fingerprint density at radius 3 is 2.10 bits per heavy atom. The van der Waals surface area contributed by atoms with Crippen LogP contribution in [0.25, 0.3) is 0 Å². The lowest BCUT2D eigenvalue weighted by molar-refractivity contribution is -0.903. The zero-order chi connectivity index (χ0) is 20.9. The van der Waals surface area contributed by atoms with Crippen LogP contribution in [0.4, 0.5) is 5.69 Å². The lowest BCUT2D eigenvalue weighted by Gasteiger charge is -2.34. The van der Waals surface area contributed by atoms with Crippen LogP contribution in [0.15, 0.2) is 48.5 Å². The van der Waals surface area contributed by atoms with Gasteiger partial charge >= 0.3 is 0 Å². The predicted octanol–water partition coefficient (Wildman–Crippen LogP) is 2.14. The molecule has 0 saturated carbocycles. The molecule has 1 saturated heterocycles. The van der Waals surface area contributed by atoms with Gasteiger partial charge in [0, 0.05) is 5.69 Å². The van der Waals surface area contributed by atoms with Gasteiger partial charge in [-0.2, -0.15) is 0 Å². The largest absolute Gasteiger partial charge is 0.497 e. The molecule has 2 N–H and O–H groups in total. The molecular weight excluding hydrogens is 364 g/mol. The number of nitrogens with one attached hydrogen (secondary N) is 1. The molecule has 3 rings (SSSR count). The lowest BCUT2D eigenvalue weighted by Crippen LogP contribution is -3.16. The highest BCUT2D eigenvalue weighted by molar-refractivity contribution is 5.49. The van der Waals surface area contributed by atoms with E-state index in [9.17, 15) is 5.11 Å². The van der Waals surface area contributed by atoms with Gasteiger partial charge in [0.15, 0.2) is 0 Å². The Labute approximate surface area is 174 Å². The number of hydrogen-bond acceptors (Lipinski definition) is 4. The van der Waals surface area contributed by atoms with Crippen molar-refractivity contribution in [3.05, 3.63) is 54.1 Å². The van der Waals surface area contributed by atoms with Crippen molar-refractivity contribution in [1.82, 2.24) is 0 Å². The Morgan fingerprint density at radius 2 is 1.55 bits per heavy atom. The van der Waals surface area contributed by atoms with Crippen LogP contribution in [0.2, 0.25) is 0 Å². The van der Waals surface area contributed by atoms with E-state index in [4.69, 9.17) is 9.47 Å². The van der Waals surface area contributed by atoms with Crippen LogP contribution in [-0.4, -0.2) is 57.7 Å². The van der Waals surface area contributed by atoms with Crippen molar-refractivity contribution in [3.8, 4) is 11.5 Å². The van der Waals surface area contributed by atoms with Crippen molar-refractivity contribution in [2.45, 2.75) is 32.3 Å². The topological polar surface area (TPSA) is 46.4 Å². The number of aliphatic hydroxyl groups excluding tert-OH is 1. The highest BCUT2D eigenvalue weighted by Gasteiger charge is 2.23. The zero-order valence-electron chi connectivity index (χ0n) is 18.1. The number of benzene rings is 2. The Bertz CT molecular complexity index is 745. The van der Waals surface area contributed by atoms with Crippen LogP contribution in [0.3, 0.4) is 0 Å². The molecule has 1 atom stereocenters. The van der Waals surface area contributed by atoms with Gasteiger partial charge < -0.3 is 24.4 Å². The van der Waals surface area contributed by atoms with Gasteiger partial charge in [0.2, 0.25) is 0 Å². The number of quaternary nitrogens is 1. The molecule has 1 aliphatic rings. The third-order valence-corrected chi connectivity index (χ3v) is 5.60. The molecular formula is C24H35N2O3+. The molecule has 0 bridgehead atoms. The maximum atomic E-state index is 10.4. The van der Waals surface area contributed by atoms with E-state index in [0.717, 1.165) is 44.2 Å². The third kappa shape index (κ3) is 6.12. The fraction of sp³-hybridized carbons (Fsp3) is 0.500. The first kappa shape index (κ1) is 21.5. The Balaban J connectivity index is 1.40. The summed E-state index contributed by atoms with van der Waals surface area (Å²) in [5, 5.41) is 10.4. The maximum absolute atomic E-state index is 10.4. The molecule has 0 aromatic heterocycles. The van der Waals surface area contributed by atoms with E-state index in [-0.39, 0.29) is 5.41 Å². The minimum atomic E-state index is -0.458. The molecule has 0 unspecified atom stereocenters. The first-order chi connectivity index (χ1) is 13.8. The molecule has 2 aromatic carbocycles. The summed E-state index contributed by atoms with van der Waals surface area (Å²) < 4.78 is 11.0. The number of piperazine rings is 1. The van der Waals surface area contributed by atoms with Gasteiger partial charge in [0.1, 0.15) is 30.8 Å². The number of methoxy groups -OCH3 is 1. The average molecular weight is 400 g/mol. The van der Waals surface area contributed by atoms with Crippen molar-refractivity contribution in [2.75, 3.05) is 51.3 Å². The summed E-state index contributed by atoms with van der Waals surface area (Å²) in [6.45, 7) is 11.7. The molecule has 0 amide bonds. The van der Waals surface area contributed by atoms with Crippen LogP contribution in [0.1, 0.15) is 26.3 Å². The highest BCUT2D eigenvalue weighted by atomic mass is 16.5. The number of rotatable bonds is 7. The highest BCUT2D eigenvalue weighted by Crippen LogP contribution is 2.24. The molecule has 0 radical (unpaired) electrons. The molecule has 5 nitrogen and oxygen atoms in total. The molecule has 1 heterocycles. The van der Waals surface area contributed by atoms with E-state index in [2.05, 4.69) is 49.9 Å². The van der Waals surface area contributed by atoms with Crippen LogP contribution in [-0.2, 0) is 5.41 Å². The average Bonchev–Trinajstić information content (AvgIpc) is 2.72. The Morgan fingerprint density at radius 1 is 0.966 bits per heavy atom. The summed E-state index contributed by atoms with van der Waals surface area (Å²) in [6, 6.07) is 16.4. The van der Waals surface area contributed by atoms with Gasteiger partial charge in [0.05, 0.1) is 33.3 Å². The van der Waals surface area contributed by atoms with E-state index in [1.54, 1.807) is 7.11 Å². The molecule has 0 spiro atoms. The molecule has 5 heteroatoms. The first-order valence-electron chi connectivity index (χ1n) is 10.5. The van der Waals surface area contributed by atoms with Crippen molar-refractivity contribution < 1.29 is 19.5 Å². The molecule has 0 aliphatic carbocycles. The smallest absolute Gasteiger partial charge is 0.137 e. The fourth-order valence-electron chi connectivity index (χ4n) is 3.71. The normalized spacial score (nSPS) is 16.5. The van der Waals surface area contributed by atoms with Crippen molar-refractivity contribution in [1.29, 1.82) is 0 Å². The summed E-state index contributed by atoms with van der Waals surface area (Å²) in [5.41, 5.74) is 2.65. The van der Waals surface area contributed by atoms with Crippen molar-refractivity contribution in [2.24, 2.45) is 0 Å². The van der Waals surface area contributed by atoms with E-state index in [0.29, 0.717) is 6.61 Å². The number of ether oxygens (including phenoxy) is 2. The van der Waals surface area contributed by atoms with Crippen molar-refractivity contribution in [3.63, 3.8) is 0 Å². The molecule has 158 valence electrons. The van der Waals surface area contributed by atoms with Crippen molar-refractivity contribution >= 4 is 5.69 Å². The fourth-order valence-corrected chi connectivity index (χ4v) is 3.71. The number of aliphatic hydroxyl groups is 1. The van der Waals surface area contributed by atoms with Gasteiger partial charge in [0.25, 0.3) is 0 Å². The van der Waals surface area contributed by atoms with Crippen LogP contribution in [0.5, 0.6) is 11.5 Å². The van der Waals surface area contributed by atoms with Gasteiger partial charge in [-0.15, -0.1) is 0 Å². The van der Waals surface area contributed by atoms with Crippen LogP contribution in [0, 0.1) is 0 Å². The second-order valence-electron chi connectivity index (χ2n) is 8.88. The van der Waals surface area contributed by atoms with Gasteiger partial charge in [-0.1, -0.05) is 32.9 Å². The first-order valence-corrected chi connectivity index (χ1v) is 10.5.